The van der Waals surface area contributed by atoms with E-state index in [4.69, 9.17) is 4.74 Å². The monoisotopic (exact) mass is 316 g/mol. The summed E-state index contributed by atoms with van der Waals surface area (Å²) in [5.74, 6) is -0.0678. The summed E-state index contributed by atoms with van der Waals surface area (Å²) in [6.07, 6.45) is 0.750. The number of methoxy groups -OCH3 is 1. The lowest BCUT2D eigenvalue weighted by Gasteiger charge is -2.05. The van der Waals surface area contributed by atoms with Gasteiger partial charge in [-0.05, 0) is 29.8 Å². The predicted octanol–water partition coefficient (Wildman–Crippen LogP) is 2.45. The molecular formula is C17H16O4S. The summed E-state index contributed by atoms with van der Waals surface area (Å²) in [6.45, 7) is 0. The molecule has 114 valence electrons. The fourth-order valence-electron chi connectivity index (χ4n) is 2.87. The zero-order valence-electron chi connectivity index (χ0n) is 12.0. The summed E-state index contributed by atoms with van der Waals surface area (Å²) in [5, 5.41) is -0.680. The van der Waals surface area contributed by atoms with E-state index in [1.807, 2.05) is 12.1 Å². The Labute approximate surface area is 129 Å². The zero-order valence-corrected chi connectivity index (χ0v) is 12.9. The number of aldehydes is 1. The van der Waals surface area contributed by atoms with Crippen LogP contribution in [-0.4, -0.2) is 27.1 Å². The first-order valence-corrected chi connectivity index (χ1v) is 8.52. The molecule has 1 aliphatic carbocycles. The Morgan fingerprint density at radius 3 is 2.18 bits per heavy atom. The minimum Gasteiger partial charge on any atom is -0.497 e. The lowest BCUT2D eigenvalue weighted by Crippen LogP contribution is -2.10. The van der Waals surface area contributed by atoms with Gasteiger partial charge in [0.2, 0.25) is 0 Å². The summed E-state index contributed by atoms with van der Waals surface area (Å²) >= 11 is 0. The van der Waals surface area contributed by atoms with Gasteiger partial charge < -0.3 is 9.53 Å². The van der Waals surface area contributed by atoms with E-state index in [2.05, 4.69) is 0 Å². The molecule has 22 heavy (non-hydrogen) atoms. The largest absolute Gasteiger partial charge is 0.497 e. The normalized spacial score (nSPS) is 23.8. The van der Waals surface area contributed by atoms with Gasteiger partial charge in [0.1, 0.15) is 12.0 Å². The Hall–Kier alpha value is -2.14. The van der Waals surface area contributed by atoms with Gasteiger partial charge in [-0.2, -0.15) is 0 Å². The van der Waals surface area contributed by atoms with Crippen molar-refractivity contribution in [3.63, 3.8) is 0 Å². The number of rotatable bonds is 5. The van der Waals surface area contributed by atoms with E-state index >= 15 is 0 Å². The van der Waals surface area contributed by atoms with E-state index < -0.39 is 21.0 Å². The molecule has 1 saturated carbocycles. The lowest BCUT2D eigenvalue weighted by atomic mass is 10.1. The van der Waals surface area contributed by atoms with E-state index in [0.29, 0.717) is 5.75 Å². The van der Waals surface area contributed by atoms with Crippen molar-refractivity contribution >= 4 is 16.1 Å². The van der Waals surface area contributed by atoms with Crippen molar-refractivity contribution in [2.75, 3.05) is 7.11 Å². The van der Waals surface area contributed by atoms with Crippen LogP contribution in [0.15, 0.2) is 59.5 Å². The van der Waals surface area contributed by atoms with E-state index in [0.717, 1.165) is 11.8 Å². The molecule has 0 aromatic heterocycles. The minimum atomic E-state index is -3.50. The Bertz CT molecular complexity index is 766. The molecule has 1 fully saturated rings. The maximum atomic E-state index is 12.7. The van der Waals surface area contributed by atoms with E-state index in [9.17, 15) is 13.2 Å². The standard InChI is InChI=1S/C17H16O4S/c1-21-13-9-7-12(8-10-13)16-15(11-18)17(16)22(19,20)14-5-3-2-4-6-14/h2-11,15-17H,1H3/t15-,16+,17+/m1/s1. The van der Waals surface area contributed by atoms with Crippen molar-refractivity contribution < 1.29 is 17.9 Å². The van der Waals surface area contributed by atoms with Crippen molar-refractivity contribution in [1.29, 1.82) is 0 Å². The third-order valence-corrected chi connectivity index (χ3v) is 6.35. The third-order valence-electron chi connectivity index (χ3n) is 4.09. The number of carbonyl (C=O) groups excluding carboxylic acids is 1. The van der Waals surface area contributed by atoms with Gasteiger partial charge in [0.05, 0.1) is 17.3 Å². The minimum absolute atomic E-state index is 0.267. The number of sulfone groups is 1. The van der Waals surface area contributed by atoms with Crippen molar-refractivity contribution in [2.24, 2.45) is 5.92 Å². The summed E-state index contributed by atoms with van der Waals surface area (Å²) < 4.78 is 30.5. The molecule has 0 N–H and O–H groups in total. The van der Waals surface area contributed by atoms with E-state index in [1.54, 1.807) is 49.6 Å². The highest BCUT2D eigenvalue weighted by molar-refractivity contribution is 7.92. The van der Waals surface area contributed by atoms with Crippen LogP contribution in [0.1, 0.15) is 11.5 Å². The Morgan fingerprint density at radius 2 is 1.64 bits per heavy atom. The molecule has 2 aromatic rings. The van der Waals surface area contributed by atoms with Crippen molar-refractivity contribution in [2.45, 2.75) is 16.1 Å². The summed E-state index contributed by atoms with van der Waals surface area (Å²) in [7, 11) is -1.93. The quantitative estimate of drug-likeness (QED) is 0.795. The third kappa shape index (κ3) is 2.41. The highest BCUT2D eigenvalue weighted by atomic mass is 32.2. The van der Waals surface area contributed by atoms with Gasteiger partial charge in [0.25, 0.3) is 0 Å². The van der Waals surface area contributed by atoms with Crippen LogP contribution in [0.3, 0.4) is 0 Å². The van der Waals surface area contributed by atoms with Crippen LogP contribution < -0.4 is 4.74 Å². The van der Waals surface area contributed by atoms with Crippen molar-refractivity contribution in [1.82, 2.24) is 0 Å². The second kappa shape index (κ2) is 5.57. The number of benzene rings is 2. The molecule has 2 aromatic carbocycles. The van der Waals surface area contributed by atoms with Gasteiger partial charge in [0, 0.05) is 11.8 Å². The second-order valence-corrected chi connectivity index (χ2v) is 7.44. The Kier molecular flexibility index (Phi) is 3.74. The molecule has 0 amide bonds. The van der Waals surface area contributed by atoms with Crippen molar-refractivity contribution in [3.8, 4) is 5.75 Å². The molecule has 0 bridgehead atoms. The van der Waals surface area contributed by atoms with Gasteiger partial charge in [-0.25, -0.2) is 8.42 Å². The van der Waals surface area contributed by atoms with Crippen LogP contribution in [0.2, 0.25) is 0 Å². The molecule has 5 heteroatoms. The fourth-order valence-corrected chi connectivity index (χ4v) is 5.00. The van der Waals surface area contributed by atoms with Crippen LogP contribution >= 0.6 is 0 Å². The molecule has 4 nitrogen and oxygen atoms in total. The summed E-state index contributed by atoms with van der Waals surface area (Å²) in [5.41, 5.74) is 0.849. The highest BCUT2D eigenvalue weighted by Gasteiger charge is 2.58. The average molecular weight is 316 g/mol. The van der Waals surface area contributed by atoms with Crippen LogP contribution in [-0.2, 0) is 14.6 Å². The summed E-state index contributed by atoms with van der Waals surface area (Å²) in [4.78, 5) is 11.5. The van der Waals surface area contributed by atoms with Crippen molar-refractivity contribution in [3.05, 3.63) is 60.2 Å². The van der Waals surface area contributed by atoms with Gasteiger partial charge >= 0.3 is 0 Å². The topological polar surface area (TPSA) is 60.4 Å². The SMILES string of the molecule is COc1ccc([C@H]2[C@@H](C=O)[C@@H]2S(=O)(=O)c2ccccc2)cc1. The van der Waals surface area contributed by atoms with Gasteiger partial charge in [-0.15, -0.1) is 0 Å². The molecule has 0 heterocycles. The zero-order chi connectivity index (χ0) is 15.7. The van der Waals surface area contributed by atoms with Crippen LogP contribution in [0, 0.1) is 5.92 Å². The Morgan fingerprint density at radius 1 is 1.00 bits per heavy atom. The maximum absolute atomic E-state index is 12.7. The fraction of sp³-hybridized carbons (Fsp3) is 0.235. The number of hydrogen-bond donors (Lipinski definition) is 0. The summed E-state index contributed by atoms with van der Waals surface area (Å²) in [6, 6.07) is 15.5. The average Bonchev–Trinajstić information content (AvgIpc) is 3.31. The smallest absolute Gasteiger partial charge is 0.182 e. The first-order valence-electron chi connectivity index (χ1n) is 6.98. The molecule has 0 spiro atoms. The molecular weight excluding hydrogens is 300 g/mol. The molecule has 0 saturated heterocycles. The van der Waals surface area contributed by atoms with Gasteiger partial charge in [0.15, 0.2) is 9.84 Å². The molecule has 3 atom stereocenters. The van der Waals surface area contributed by atoms with E-state index in [-0.39, 0.29) is 10.8 Å². The van der Waals surface area contributed by atoms with E-state index in [1.165, 1.54) is 0 Å². The molecule has 3 rings (SSSR count). The van der Waals surface area contributed by atoms with Crippen LogP contribution in [0.5, 0.6) is 5.75 Å². The first kappa shape index (κ1) is 14.8. The first-order chi connectivity index (χ1) is 10.6. The van der Waals surface area contributed by atoms with Crippen LogP contribution in [0.25, 0.3) is 0 Å². The lowest BCUT2D eigenvalue weighted by molar-refractivity contribution is -0.108. The molecule has 0 unspecified atom stereocenters. The molecule has 0 radical (unpaired) electrons. The van der Waals surface area contributed by atoms with Gasteiger partial charge in [-0.1, -0.05) is 30.3 Å². The van der Waals surface area contributed by atoms with Crippen LogP contribution in [0.4, 0.5) is 0 Å². The maximum Gasteiger partial charge on any atom is 0.182 e. The Balaban J connectivity index is 1.93. The number of carbonyl (C=O) groups is 1. The second-order valence-electron chi connectivity index (χ2n) is 5.34. The number of ether oxygens (including phenoxy) is 1. The highest BCUT2D eigenvalue weighted by Crippen LogP contribution is 2.52. The molecule has 1 aliphatic rings. The predicted molar refractivity (Wildman–Crippen MR) is 82.7 cm³/mol. The number of hydrogen-bond acceptors (Lipinski definition) is 4. The van der Waals surface area contributed by atoms with Gasteiger partial charge in [-0.3, -0.25) is 0 Å². The molecule has 0 aliphatic heterocycles.